The maximum absolute atomic E-state index is 13.8. The lowest BCUT2D eigenvalue weighted by Crippen LogP contribution is -2.43. The highest BCUT2D eigenvalue weighted by Crippen LogP contribution is 2.64. The monoisotopic (exact) mass is 418 g/mol. The fourth-order valence-electron chi connectivity index (χ4n) is 6.22. The van der Waals surface area contributed by atoms with Crippen molar-refractivity contribution < 1.29 is 19.4 Å². The molecule has 2 amide bonds. The first kappa shape index (κ1) is 20.2. The number of hydrogen-bond donors (Lipinski definition) is 1. The van der Waals surface area contributed by atoms with Crippen molar-refractivity contribution in [1.82, 2.24) is 0 Å². The number of carbonyl (C=O) groups excluding carboxylic acids is 2. The predicted molar refractivity (Wildman–Crippen MR) is 117 cm³/mol. The van der Waals surface area contributed by atoms with Gasteiger partial charge in [0.15, 0.2) is 5.69 Å². The van der Waals surface area contributed by atoms with Crippen LogP contribution in [0.15, 0.2) is 36.4 Å². The molecule has 0 radical (unpaired) electrons. The molecule has 2 aromatic carbocycles. The molecule has 3 aliphatic rings. The minimum atomic E-state index is -0.763. The highest BCUT2D eigenvalue weighted by molar-refractivity contribution is 6.26. The Morgan fingerprint density at radius 2 is 1.71 bits per heavy atom. The van der Waals surface area contributed by atoms with Crippen LogP contribution >= 0.6 is 0 Å². The molecule has 31 heavy (non-hydrogen) atoms. The van der Waals surface area contributed by atoms with E-state index in [1.807, 2.05) is 24.3 Å². The van der Waals surface area contributed by atoms with Crippen LogP contribution in [0.25, 0.3) is 15.6 Å². The Bertz CT molecular complexity index is 1120. The van der Waals surface area contributed by atoms with Crippen molar-refractivity contribution in [3.8, 4) is 0 Å². The maximum atomic E-state index is 13.8. The maximum Gasteiger partial charge on any atom is 0.240 e. The van der Waals surface area contributed by atoms with Crippen LogP contribution in [-0.4, -0.2) is 34.7 Å². The summed E-state index contributed by atoms with van der Waals surface area (Å²) >= 11 is 0. The lowest BCUT2D eigenvalue weighted by atomic mass is 9.65. The number of ether oxygens (including phenoxy) is 1. The van der Waals surface area contributed by atoms with Crippen LogP contribution in [0.5, 0.6) is 0 Å². The molecule has 3 fully saturated rings. The molecule has 4 atom stereocenters. The van der Waals surface area contributed by atoms with Gasteiger partial charge >= 0.3 is 0 Å². The molecule has 3 heterocycles. The molecular weight excluding hydrogens is 392 g/mol. The van der Waals surface area contributed by atoms with E-state index in [1.165, 1.54) is 4.90 Å². The third-order valence-corrected chi connectivity index (χ3v) is 7.55. The topological polar surface area (TPSA) is 71.2 Å². The summed E-state index contributed by atoms with van der Waals surface area (Å²) in [4.78, 5) is 32.5. The number of nitrogens with zero attached hydrogens (tertiary/aromatic N) is 2. The number of aliphatic hydroxyl groups is 1. The molecule has 0 aliphatic carbocycles. The van der Waals surface area contributed by atoms with Gasteiger partial charge in [-0.25, -0.2) is 9.74 Å². The van der Waals surface area contributed by atoms with Crippen molar-refractivity contribution in [3.05, 3.63) is 47.8 Å². The minimum Gasteiger partial charge on any atom is -0.396 e. The summed E-state index contributed by atoms with van der Waals surface area (Å²) in [5, 5.41) is 11.2. The zero-order valence-corrected chi connectivity index (χ0v) is 17.6. The molecule has 0 saturated carbocycles. The van der Waals surface area contributed by atoms with Crippen LogP contribution < -0.4 is 4.90 Å². The molecule has 3 saturated heterocycles. The Morgan fingerprint density at radius 3 is 2.32 bits per heavy atom. The zero-order chi connectivity index (χ0) is 21.8. The van der Waals surface area contributed by atoms with Crippen molar-refractivity contribution >= 4 is 34.0 Å². The van der Waals surface area contributed by atoms with Gasteiger partial charge in [0.05, 0.1) is 35.3 Å². The summed E-state index contributed by atoms with van der Waals surface area (Å²) < 4.78 is 6.54. The van der Waals surface area contributed by atoms with E-state index in [-0.39, 0.29) is 18.4 Å². The Hall–Kier alpha value is -2.75. The van der Waals surface area contributed by atoms with Gasteiger partial charge in [0, 0.05) is 13.0 Å². The number of imide groups is 1. The lowest BCUT2D eigenvalue weighted by Gasteiger charge is -2.31. The Kier molecular flexibility index (Phi) is 4.65. The number of anilines is 1. The van der Waals surface area contributed by atoms with Gasteiger partial charge < -0.3 is 9.84 Å². The molecule has 2 aromatic rings. The molecule has 6 heteroatoms. The summed E-state index contributed by atoms with van der Waals surface area (Å²) in [6.45, 7) is 9.49. The molecular formula is C25H26N2O4. The van der Waals surface area contributed by atoms with Crippen LogP contribution in [0, 0.1) is 18.4 Å². The molecule has 6 nitrogen and oxygen atoms in total. The average Bonchev–Trinajstić information content (AvgIpc) is 3.38. The van der Waals surface area contributed by atoms with Gasteiger partial charge in [-0.2, -0.15) is 0 Å². The molecule has 0 spiro atoms. The van der Waals surface area contributed by atoms with Gasteiger partial charge in [-0.05, 0) is 36.1 Å². The molecule has 160 valence electrons. The number of hydrogen-bond acceptors (Lipinski definition) is 4. The van der Waals surface area contributed by atoms with Crippen molar-refractivity contribution in [1.29, 1.82) is 0 Å². The first-order valence-electron chi connectivity index (χ1n) is 11.1. The normalized spacial score (nSPS) is 31.5. The summed E-state index contributed by atoms with van der Waals surface area (Å²) in [6, 6.07) is 10.8. The number of carbonyl (C=O) groups is 2. The van der Waals surface area contributed by atoms with Gasteiger partial charge in [0.1, 0.15) is 0 Å². The van der Waals surface area contributed by atoms with Gasteiger partial charge in [-0.1, -0.05) is 50.1 Å². The number of benzene rings is 2. The van der Waals surface area contributed by atoms with E-state index in [1.54, 1.807) is 12.1 Å². The first-order chi connectivity index (χ1) is 15.0. The van der Waals surface area contributed by atoms with Crippen molar-refractivity contribution in [3.63, 3.8) is 0 Å². The number of unbranched alkanes of at least 4 members (excludes halogenated alkanes) is 1. The van der Waals surface area contributed by atoms with Gasteiger partial charge in [0.25, 0.3) is 0 Å². The number of rotatable bonds is 6. The van der Waals surface area contributed by atoms with E-state index in [4.69, 9.17) is 11.3 Å². The minimum absolute atomic E-state index is 0.0722. The zero-order valence-electron chi connectivity index (χ0n) is 17.6. The second-order valence-electron chi connectivity index (χ2n) is 9.04. The van der Waals surface area contributed by atoms with E-state index >= 15 is 0 Å². The summed E-state index contributed by atoms with van der Waals surface area (Å²) in [6.07, 6.45) is 4.49. The van der Waals surface area contributed by atoms with E-state index in [2.05, 4.69) is 11.8 Å². The molecule has 2 bridgehead atoms. The van der Waals surface area contributed by atoms with E-state index in [0.29, 0.717) is 24.2 Å². The van der Waals surface area contributed by atoms with Crippen molar-refractivity contribution in [2.75, 3.05) is 11.5 Å². The lowest BCUT2D eigenvalue weighted by molar-refractivity contribution is -0.132. The number of aliphatic hydroxyl groups excluding tert-OH is 1. The quantitative estimate of drug-likeness (QED) is 0.559. The largest absolute Gasteiger partial charge is 0.396 e. The van der Waals surface area contributed by atoms with E-state index < -0.39 is 23.0 Å². The fraction of sp³-hybridized carbons (Fsp3) is 0.480. The summed E-state index contributed by atoms with van der Waals surface area (Å²) in [5.74, 6) is -1.50. The molecule has 1 N–H and O–H groups in total. The molecule has 3 aliphatic heterocycles. The highest BCUT2D eigenvalue weighted by Gasteiger charge is 2.74. The molecule has 5 rings (SSSR count). The SMILES string of the molecule is [C-]#[N+]c1ccc(N2C(=O)[C@@H]3[C@H](C2=O)C2(CCCC)CCC3(CCO)O2)c2ccccc12. The highest BCUT2D eigenvalue weighted by atomic mass is 16.5. The Labute approximate surface area is 181 Å². The molecule has 0 aromatic heterocycles. The van der Waals surface area contributed by atoms with Crippen molar-refractivity contribution in [2.24, 2.45) is 11.8 Å². The Morgan fingerprint density at radius 1 is 1.06 bits per heavy atom. The average molecular weight is 418 g/mol. The van der Waals surface area contributed by atoms with Crippen LogP contribution in [0.3, 0.4) is 0 Å². The fourth-order valence-corrected chi connectivity index (χ4v) is 6.22. The van der Waals surface area contributed by atoms with E-state index in [0.717, 1.165) is 36.5 Å². The van der Waals surface area contributed by atoms with Crippen LogP contribution in [0.2, 0.25) is 0 Å². The predicted octanol–water partition coefficient (Wildman–Crippen LogP) is 4.37. The smallest absolute Gasteiger partial charge is 0.240 e. The van der Waals surface area contributed by atoms with Gasteiger partial charge in [-0.3, -0.25) is 9.59 Å². The standard InChI is InChI=1S/C25H26N2O4/c1-3-4-11-24-12-13-25(31-24,14-15-28)21-20(24)22(29)27(23(21)30)19-10-9-18(26-2)16-7-5-6-8-17(16)19/h5-10,20-21,28H,3-4,11-15H2,1H3/t20-,21+,24?,25?/m1/s1. The first-order valence-corrected chi connectivity index (χ1v) is 11.1. The second-order valence-corrected chi connectivity index (χ2v) is 9.04. The van der Waals surface area contributed by atoms with Crippen LogP contribution in [0.4, 0.5) is 11.4 Å². The van der Waals surface area contributed by atoms with Crippen LogP contribution in [0.1, 0.15) is 45.4 Å². The number of fused-ring (bicyclic) bond motifs is 6. The third-order valence-electron chi connectivity index (χ3n) is 7.55. The molecule has 2 unspecified atom stereocenters. The van der Waals surface area contributed by atoms with Gasteiger partial charge in [0.2, 0.25) is 11.8 Å². The Balaban J connectivity index is 1.64. The van der Waals surface area contributed by atoms with Crippen molar-refractivity contribution in [2.45, 2.75) is 56.7 Å². The van der Waals surface area contributed by atoms with Crippen LogP contribution in [-0.2, 0) is 14.3 Å². The van der Waals surface area contributed by atoms with Gasteiger partial charge in [-0.15, -0.1) is 0 Å². The summed E-state index contributed by atoms with van der Waals surface area (Å²) in [7, 11) is 0. The third kappa shape index (κ3) is 2.63. The number of amides is 2. The second kappa shape index (κ2) is 7.15. The van der Waals surface area contributed by atoms with E-state index in [9.17, 15) is 14.7 Å². The summed E-state index contributed by atoms with van der Waals surface area (Å²) in [5.41, 5.74) is -0.348.